The normalized spacial score (nSPS) is 10.9. The highest BCUT2D eigenvalue weighted by Crippen LogP contribution is 2.22. The monoisotopic (exact) mass is 376 g/mol. The molecule has 0 bridgehead atoms. The van der Waals surface area contributed by atoms with Crippen LogP contribution in [0.3, 0.4) is 0 Å². The van der Waals surface area contributed by atoms with E-state index in [0.717, 1.165) is 6.54 Å². The van der Waals surface area contributed by atoms with E-state index in [9.17, 15) is 9.59 Å². The lowest BCUT2D eigenvalue weighted by atomic mass is 10.1. The lowest BCUT2D eigenvalue weighted by molar-refractivity contribution is -0.118. The fourth-order valence-corrected chi connectivity index (χ4v) is 3.27. The fourth-order valence-electron chi connectivity index (χ4n) is 2.40. The molecule has 2 aromatic rings. The van der Waals surface area contributed by atoms with Gasteiger partial charge >= 0.3 is 0 Å². The van der Waals surface area contributed by atoms with E-state index >= 15 is 0 Å². The van der Waals surface area contributed by atoms with Gasteiger partial charge in [0, 0.05) is 24.9 Å². The smallest absolute Gasteiger partial charge is 0.217 e. The average molecular weight is 376 g/mol. The third kappa shape index (κ3) is 5.59. The summed E-state index contributed by atoms with van der Waals surface area (Å²) in [6, 6.07) is 7.08. The topological polar surface area (TPSA) is 100 Å². The van der Waals surface area contributed by atoms with Crippen molar-refractivity contribution >= 4 is 23.5 Å². The fraction of sp³-hybridized carbons (Fsp3) is 0.444. The first-order chi connectivity index (χ1) is 12.4. The largest absolute Gasteiger partial charge is 0.497 e. The van der Waals surface area contributed by atoms with Crippen molar-refractivity contribution in [3.05, 3.63) is 35.7 Å². The van der Waals surface area contributed by atoms with Crippen molar-refractivity contribution in [3.63, 3.8) is 0 Å². The molecule has 0 unspecified atom stereocenters. The van der Waals surface area contributed by atoms with Gasteiger partial charge in [-0.15, -0.1) is 10.2 Å². The van der Waals surface area contributed by atoms with E-state index in [1.807, 2.05) is 4.57 Å². The number of benzene rings is 1. The minimum absolute atomic E-state index is 0.00770. The molecule has 0 saturated heterocycles. The van der Waals surface area contributed by atoms with Gasteiger partial charge in [0.15, 0.2) is 10.9 Å². The number of nitrogens with zero attached hydrogens (tertiary/aromatic N) is 3. The highest BCUT2D eigenvalue weighted by molar-refractivity contribution is 7.99. The number of thioether (sulfide) groups is 1. The number of hydrogen-bond acceptors (Lipinski definition) is 6. The number of aryl methyl sites for hydroxylation is 1. The number of carbonyl (C=O) groups is 2. The van der Waals surface area contributed by atoms with Crippen molar-refractivity contribution in [1.29, 1.82) is 0 Å². The van der Waals surface area contributed by atoms with Crippen LogP contribution in [0.1, 0.15) is 36.5 Å². The Morgan fingerprint density at radius 2 is 2.08 bits per heavy atom. The summed E-state index contributed by atoms with van der Waals surface area (Å²) in [5, 5.41) is 9.04. The molecule has 8 heteroatoms. The standard InChI is InChI=1S/C18H24N4O3S/c1-12(2)10-22-17(8-7-16(19)24)20-21-18(22)26-11-15(23)13-5-4-6-14(9-13)25-3/h4-6,9,12H,7-8,10-11H2,1-3H3,(H2,19,24). The first-order valence-electron chi connectivity index (χ1n) is 8.41. The van der Waals surface area contributed by atoms with Crippen molar-refractivity contribution in [3.8, 4) is 5.75 Å². The van der Waals surface area contributed by atoms with Crippen molar-refractivity contribution in [2.45, 2.75) is 38.4 Å². The number of rotatable bonds is 10. The minimum Gasteiger partial charge on any atom is -0.497 e. The maximum Gasteiger partial charge on any atom is 0.217 e. The number of ketones is 1. The van der Waals surface area contributed by atoms with Gasteiger partial charge in [0.05, 0.1) is 12.9 Å². The summed E-state index contributed by atoms with van der Waals surface area (Å²) >= 11 is 1.34. The Morgan fingerprint density at radius 1 is 1.31 bits per heavy atom. The Kier molecular flexibility index (Phi) is 7.20. The molecule has 0 aliphatic heterocycles. The summed E-state index contributed by atoms with van der Waals surface area (Å²) < 4.78 is 7.13. The van der Waals surface area contributed by atoms with Crippen molar-refractivity contribution in [2.24, 2.45) is 11.7 Å². The molecule has 26 heavy (non-hydrogen) atoms. The van der Waals surface area contributed by atoms with Crippen LogP contribution in [-0.4, -0.2) is 39.3 Å². The number of carbonyl (C=O) groups excluding carboxylic acids is 2. The average Bonchev–Trinajstić information content (AvgIpc) is 2.99. The molecular weight excluding hydrogens is 352 g/mol. The lowest BCUT2D eigenvalue weighted by Gasteiger charge is -2.12. The van der Waals surface area contributed by atoms with Crippen molar-refractivity contribution in [2.75, 3.05) is 12.9 Å². The second-order valence-corrected chi connectivity index (χ2v) is 7.26. The first-order valence-corrected chi connectivity index (χ1v) is 9.39. The molecule has 7 nitrogen and oxygen atoms in total. The molecule has 0 radical (unpaired) electrons. The molecule has 1 aromatic carbocycles. The quantitative estimate of drug-likeness (QED) is 0.505. The second kappa shape index (κ2) is 9.38. The molecular formula is C18H24N4O3S. The molecule has 0 aliphatic rings. The van der Waals surface area contributed by atoms with Gasteiger partial charge in [-0.2, -0.15) is 0 Å². The molecule has 1 amide bonds. The van der Waals surface area contributed by atoms with Gasteiger partial charge < -0.3 is 15.0 Å². The van der Waals surface area contributed by atoms with Crippen molar-refractivity contribution < 1.29 is 14.3 Å². The molecule has 1 heterocycles. The number of aromatic nitrogens is 3. The predicted molar refractivity (Wildman–Crippen MR) is 100 cm³/mol. The summed E-state index contributed by atoms with van der Waals surface area (Å²) in [5.41, 5.74) is 5.83. The summed E-state index contributed by atoms with van der Waals surface area (Å²) in [7, 11) is 1.57. The predicted octanol–water partition coefficient (Wildman–Crippen LogP) is 2.34. The van der Waals surface area contributed by atoms with E-state index in [1.165, 1.54) is 11.8 Å². The zero-order chi connectivity index (χ0) is 19.1. The van der Waals surface area contributed by atoms with Crippen LogP contribution in [0.5, 0.6) is 5.75 Å². The van der Waals surface area contributed by atoms with Crippen LogP contribution in [0.15, 0.2) is 29.4 Å². The molecule has 0 spiro atoms. The Balaban J connectivity index is 2.09. The second-order valence-electron chi connectivity index (χ2n) is 6.31. The van der Waals surface area contributed by atoms with Crippen LogP contribution in [0.2, 0.25) is 0 Å². The number of amides is 1. The number of Topliss-reactive ketones (excluding diaryl/α,β-unsaturated/α-hetero) is 1. The summed E-state index contributed by atoms with van der Waals surface area (Å²) in [6.07, 6.45) is 0.670. The highest BCUT2D eigenvalue weighted by atomic mass is 32.2. The number of primary amides is 1. The molecule has 1 aromatic heterocycles. The molecule has 0 fully saturated rings. The van der Waals surface area contributed by atoms with Gasteiger partial charge in [0.25, 0.3) is 0 Å². The molecule has 140 valence electrons. The van der Waals surface area contributed by atoms with Gasteiger partial charge in [0.1, 0.15) is 11.6 Å². The third-order valence-electron chi connectivity index (χ3n) is 3.66. The van der Waals surface area contributed by atoms with Crippen LogP contribution in [0.25, 0.3) is 0 Å². The van der Waals surface area contributed by atoms with Crippen LogP contribution in [0.4, 0.5) is 0 Å². The van der Waals surface area contributed by atoms with Crippen molar-refractivity contribution in [1.82, 2.24) is 14.8 Å². The van der Waals surface area contributed by atoms with E-state index < -0.39 is 0 Å². The lowest BCUT2D eigenvalue weighted by Crippen LogP contribution is -2.15. The molecule has 0 aliphatic carbocycles. The van der Waals surface area contributed by atoms with Gasteiger partial charge in [-0.25, -0.2) is 0 Å². The molecule has 0 atom stereocenters. The zero-order valence-electron chi connectivity index (χ0n) is 15.3. The maximum atomic E-state index is 12.4. The van der Waals surface area contributed by atoms with Crippen LogP contribution in [-0.2, 0) is 17.8 Å². The summed E-state index contributed by atoms with van der Waals surface area (Å²) in [4.78, 5) is 23.5. The van der Waals surface area contributed by atoms with Crippen LogP contribution >= 0.6 is 11.8 Å². The van der Waals surface area contributed by atoms with Gasteiger partial charge in [-0.1, -0.05) is 37.7 Å². The number of nitrogens with two attached hydrogens (primary N) is 1. The third-order valence-corrected chi connectivity index (χ3v) is 4.63. The Morgan fingerprint density at radius 3 is 2.73 bits per heavy atom. The molecule has 0 saturated carbocycles. The molecule has 2 rings (SSSR count). The van der Waals surface area contributed by atoms with E-state index in [-0.39, 0.29) is 23.9 Å². The maximum absolute atomic E-state index is 12.4. The number of hydrogen-bond donors (Lipinski definition) is 1. The van der Waals surface area contributed by atoms with Gasteiger partial charge in [-0.05, 0) is 18.1 Å². The SMILES string of the molecule is COc1cccc(C(=O)CSc2nnc(CCC(N)=O)n2CC(C)C)c1. The first kappa shape index (κ1) is 20.0. The Bertz CT molecular complexity index is 774. The number of ether oxygens (including phenoxy) is 1. The van der Waals surface area contributed by atoms with E-state index in [4.69, 9.17) is 10.5 Å². The van der Waals surface area contributed by atoms with Crippen LogP contribution in [0, 0.1) is 5.92 Å². The van der Waals surface area contributed by atoms with E-state index in [0.29, 0.717) is 34.6 Å². The number of methoxy groups -OCH3 is 1. The Hall–Kier alpha value is -2.35. The minimum atomic E-state index is -0.369. The van der Waals surface area contributed by atoms with Crippen LogP contribution < -0.4 is 10.5 Å². The summed E-state index contributed by atoms with van der Waals surface area (Å²) in [6.45, 7) is 4.90. The Labute approximate surface area is 157 Å². The molecule has 2 N–H and O–H groups in total. The summed E-state index contributed by atoms with van der Waals surface area (Å²) in [5.74, 6) is 1.62. The van der Waals surface area contributed by atoms with E-state index in [2.05, 4.69) is 24.0 Å². The van der Waals surface area contributed by atoms with E-state index in [1.54, 1.807) is 31.4 Å². The highest BCUT2D eigenvalue weighted by Gasteiger charge is 2.16. The van der Waals surface area contributed by atoms with Gasteiger partial charge in [-0.3, -0.25) is 9.59 Å². The van der Waals surface area contributed by atoms with Gasteiger partial charge in [0.2, 0.25) is 5.91 Å². The zero-order valence-corrected chi connectivity index (χ0v) is 16.1.